The molecule has 0 spiro atoms. The van der Waals surface area contributed by atoms with Gasteiger partial charge >= 0.3 is 5.97 Å². The monoisotopic (exact) mass is 417 g/mol. The Kier molecular flexibility index (Phi) is 6.34. The molecular formula is C21H23NO6S. The lowest BCUT2D eigenvalue weighted by molar-refractivity contribution is 0.0734. The maximum Gasteiger partial charge on any atom is 0.343 e. The smallest absolute Gasteiger partial charge is 0.343 e. The van der Waals surface area contributed by atoms with Gasteiger partial charge in [-0.3, -0.25) is 4.79 Å². The first kappa shape index (κ1) is 21.0. The number of sulfonamides is 1. The van der Waals surface area contributed by atoms with Crippen LogP contribution in [-0.2, 0) is 10.0 Å². The van der Waals surface area contributed by atoms with Crippen molar-refractivity contribution in [3.63, 3.8) is 0 Å². The summed E-state index contributed by atoms with van der Waals surface area (Å²) in [5.74, 6) is -0.256. The van der Waals surface area contributed by atoms with Crippen molar-refractivity contribution in [2.45, 2.75) is 31.1 Å². The fraction of sp³-hybridized carbons (Fsp3) is 0.333. The molecule has 3 rings (SSSR count). The Balaban J connectivity index is 1.85. The number of rotatable bonds is 7. The maximum absolute atomic E-state index is 12.9. The van der Waals surface area contributed by atoms with E-state index in [0.29, 0.717) is 25.1 Å². The predicted octanol–water partition coefficient (Wildman–Crippen LogP) is 3.29. The van der Waals surface area contributed by atoms with Crippen molar-refractivity contribution in [3.05, 3.63) is 53.6 Å². The van der Waals surface area contributed by atoms with E-state index in [1.54, 1.807) is 19.1 Å². The zero-order valence-corrected chi connectivity index (χ0v) is 17.2. The van der Waals surface area contributed by atoms with E-state index in [4.69, 9.17) is 9.47 Å². The molecule has 0 atom stereocenters. The van der Waals surface area contributed by atoms with Crippen molar-refractivity contribution in [1.82, 2.24) is 4.31 Å². The van der Waals surface area contributed by atoms with Gasteiger partial charge in [0.05, 0.1) is 12.7 Å². The van der Waals surface area contributed by atoms with E-state index >= 15 is 0 Å². The predicted molar refractivity (Wildman–Crippen MR) is 107 cm³/mol. The van der Waals surface area contributed by atoms with Gasteiger partial charge < -0.3 is 9.47 Å². The van der Waals surface area contributed by atoms with Gasteiger partial charge in [0.2, 0.25) is 10.0 Å². The molecule has 0 N–H and O–H groups in total. The van der Waals surface area contributed by atoms with Crippen LogP contribution in [0, 0.1) is 0 Å². The van der Waals surface area contributed by atoms with Gasteiger partial charge in [-0.15, -0.1) is 0 Å². The van der Waals surface area contributed by atoms with E-state index in [9.17, 15) is 18.0 Å². The minimum absolute atomic E-state index is 0.00482. The lowest BCUT2D eigenvalue weighted by Crippen LogP contribution is -2.28. The molecule has 0 aliphatic carbocycles. The number of ketones is 1. The summed E-state index contributed by atoms with van der Waals surface area (Å²) in [4.78, 5) is 24.2. The van der Waals surface area contributed by atoms with E-state index in [-0.39, 0.29) is 27.7 Å². The topological polar surface area (TPSA) is 90.0 Å². The summed E-state index contributed by atoms with van der Waals surface area (Å²) >= 11 is 0. The Hall–Kier alpha value is -2.71. The van der Waals surface area contributed by atoms with Crippen molar-refractivity contribution < 1.29 is 27.5 Å². The van der Waals surface area contributed by atoms with Gasteiger partial charge in [0, 0.05) is 25.1 Å². The Bertz CT molecular complexity index is 1010. The van der Waals surface area contributed by atoms with Crippen molar-refractivity contribution in [1.29, 1.82) is 0 Å². The van der Waals surface area contributed by atoms with Crippen LogP contribution in [0.1, 0.15) is 46.9 Å². The van der Waals surface area contributed by atoms with Gasteiger partial charge in [-0.05, 0) is 55.3 Å². The van der Waals surface area contributed by atoms with Crippen LogP contribution in [0.3, 0.4) is 0 Å². The summed E-state index contributed by atoms with van der Waals surface area (Å²) in [6.07, 6.45) is 2.00. The fourth-order valence-electron chi connectivity index (χ4n) is 3.15. The molecule has 1 fully saturated rings. The maximum atomic E-state index is 12.9. The highest BCUT2D eigenvalue weighted by molar-refractivity contribution is 7.89. The van der Waals surface area contributed by atoms with Crippen LogP contribution in [-0.4, -0.2) is 44.7 Å². The lowest BCUT2D eigenvalue weighted by Gasteiger charge is -2.18. The number of hydrogen-bond donors (Lipinski definition) is 0. The summed E-state index contributed by atoms with van der Waals surface area (Å²) < 4.78 is 37.8. The molecule has 1 aliphatic heterocycles. The number of Topliss-reactive ketones (excluding diaryl/α,β-unsaturated/α-hetero) is 1. The molecule has 1 aliphatic rings. The van der Waals surface area contributed by atoms with Gasteiger partial charge in [-0.1, -0.05) is 6.92 Å². The van der Waals surface area contributed by atoms with Crippen LogP contribution in [0.4, 0.5) is 0 Å². The van der Waals surface area contributed by atoms with Gasteiger partial charge in [0.15, 0.2) is 5.78 Å². The quantitative estimate of drug-likeness (QED) is 0.390. The molecule has 2 aromatic rings. The van der Waals surface area contributed by atoms with Gasteiger partial charge in [-0.2, -0.15) is 4.31 Å². The van der Waals surface area contributed by atoms with Crippen LogP contribution in [0.5, 0.6) is 11.5 Å². The standard InChI is InChI=1S/C21H23NO6S/c1-3-18(23)15-6-9-17(10-7-15)28-21(24)16-8-11-19(27-2)20(14-16)29(25,26)22-12-4-5-13-22/h6-11,14H,3-5,12-13H2,1-2H3. The number of nitrogens with zero attached hydrogens (tertiary/aromatic N) is 1. The van der Waals surface area contributed by atoms with Crippen molar-refractivity contribution in [3.8, 4) is 11.5 Å². The first-order valence-electron chi connectivity index (χ1n) is 9.40. The minimum Gasteiger partial charge on any atom is -0.495 e. The largest absolute Gasteiger partial charge is 0.495 e. The number of hydrogen-bond acceptors (Lipinski definition) is 6. The highest BCUT2D eigenvalue weighted by Gasteiger charge is 2.31. The number of carbonyl (C=O) groups excluding carboxylic acids is 2. The normalized spacial score (nSPS) is 14.6. The highest BCUT2D eigenvalue weighted by Crippen LogP contribution is 2.30. The Labute approximate surface area is 170 Å². The van der Waals surface area contributed by atoms with Crippen molar-refractivity contribution in [2.24, 2.45) is 0 Å². The second-order valence-electron chi connectivity index (χ2n) is 6.67. The van der Waals surface area contributed by atoms with Gasteiger partial charge in [0.1, 0.15) is 16.4 Å². The fourth-order valence-corrected chi connectivity index (χ4v) is 4.85. The average molecular weight is 417 g/mol. The molecule has 2 aromatic carbocycles. The zero-order chi connectivity index (χ0) is 21.0. The van der Waals surface area contributed by atoms with Gasteiger partial charge in [-0.25, -0.2) is 13.2 Å². The third-order valence-corrected chi connectivity index (χ3v) is 6.71. The average Bonchev–Trinajstić information content (AvgIpc) is 3.29. The molecule has 0 aromatic heterocycles. The second kappa shape index (κ2) is 8.75. The Morgan fingerprint density at radius 3 is 2.21 bits per heavy atom. The molecule has 0 radical (unpaired) electrons. The zero-order valence-electron chi connectivity index (χ0n) is 16.4. The van der Waals surface area contributed by atoms with E-state index in [1.807, 2.05) is 0 Å². The number of carbonyl (C=O) groups is 2. The van der Waals surface area contributed by atoms with E-state index < -0.39 is 16.0 Å². The summed E-state index contributed by atoms with van der Waals surface area (Å²) in [6.45, 7) is 2.67. The van der Waals surface area contributed by atoms with Crippen molar-refractivity contribution >= 4 is 21.8 Å². The number of esters is 1. The molecule has 154 valence electrons. The first-order chi connectivity index (χ1) is 13.9. The van der Waals surface area contributed by atoms with Crippen LogP contribution in [0.25, 0.3) is 0 Å². The first-order valence-corrected chi connectivity index (χ1v) is 10.8. The molecular weight excluding hydrogens is 394 g/mol. The second-order valence-corrected chi connectivity index (χ2v) is 8.57. The molecule has 0 bridgehead atoms. The summed E-state index contributed by atoms with van der Waals surface area (Å²) in [5, 5.41) is 0. The van der Waals surface area contributed by atoms with E-state index in [0.717, 1.165) is 12.8 Å². The summed E-state index contributed by atoms with van der Waals surface area (Å²) in [5.41, 5.74) is 0.632. The van der Waals surface area contributed by atoms with Crippen LogP contribution in [0.15, 0.2) is 47.4 Å². The molecule has 1 heterocycles. The molecule has 0 saturated carbocycles. The third kappa shape index (κ3) is 4.49. The minimum atomic E-state index is -3.77. The summed E-state index contributed by atoms with van der Waals surface area (Å²) in [6, 6.07) is 10.4. The van der Waals surface area contributed by atoms with Crippen LogP contribution in [0.2, 0.25) is 0 Å². The van der Waals surface area contributed by atoms with Crippen molar-refractivity contribution in [2.75, 3.05) is 20.2 Å². The number of ether oxygens (including phenoxy) is 2. The number of methoxy groups -OCH3 is 1. The Morgan fingerprint density at radius 2 is 1.62 bits per heavy atom. The van der Waals surface area contributed by atoms with E-state index in [2.05, 4.69) is 0 Å². The molecule has 1 saturated heterocycles. The third-order valence-electron chi connectivity index (χ3n) is 4.79. The van der Waals surface area contributed by atoms with Crippen LogP contribution < -0.4 is 9.47 Å². The molecule has 29 heavy (non-hydrogen) atoms. The van der Waals surface area contributed by atoms with Crippen LogP contribution >= 0.6 is 0 Å². The Morgan fingerprint density at radius 1 is 1.00 bits per heavy atom. The van der Waals surface area contributed by atoms with E-state index in [1.165, 1.54) is 41.7 Å². The SMILES string of the molecule is CCC(=O)c1ccc(OC(=O)c2ccc(OC)c(S(=O)(=O)N3CCCC3)c2)cc1. The summed E-state index contributed by atoms with van der Waals surface area (Å²) in [7, 11) is -2.38. The molecule has 7 nitrogen and oxygen atoms in total. The lowest BCUT2D eigenvalue weighted by atomic mass is 10.1. The highest BCUT2D eigenvalue weighted by atomic mass is 32.2. The molecule has 8 heteroatoms. The molecule has 0 unspecified atom stereocenters. The van der Waals surface area contributed by atoms with Gasteiger partial charge in [0.25, 0.3) is 0 Å². The molecule has 0 amide bonds. The number of benzene rings is 2.